The predicted octanol–water partition coefficient (Wildman–Crippen LogP) is 1.66. The number of amides is 5. The number of likely N-dealkylation sites (tertiary alicyclic amines) is 1. The SMILES string of the molecule is C=CCNC(=O)C(=O)[C@H](CCCCNC(=O)OC)NC(=O)[C@@H]1[C@@H]2[C@H](CN1C(=O)[C@H](CC)NC(=O)OC(C)(C)C)C2(C)C. The number of rotatable bonds is 14. The number of Topliss-reactive ketones (excluding diaryl/α,β-unsaturated/α-hetero) is 1. The number of carbonyl (C=O) groups is 6. The fourth-order valence-electron chi connectivity index (χ4n) is 5.47. The van der Waals surface area contributed by atoms with E-state index in [4.69, 9.17) is 4.74 Å². The Balaban J connectivity index is 2.20. The average molecular weight is 594 g/mol. The third-order valence-electron chi connectivity index (χ3n) is 7.80. The lowest BCUT2D eigenvalue weighted by Gasteiger charge is -2.33. The van der Waals surface area contributed by atoms with Gasteiger partial charge < -0.3 is 35.6 Å². The van der Waals surface area contributed by atoms with Crippen molar-refractivity contribution in [2.45, 2.75) is 91.0 Å². The molecule has 42 heavy (non-hydrogen) atoms. The van der Waals surface area contributed by atoms with E-state index in [0.29, 0.717) is 19.4 Å². The summed E-state index contributed by atoms with van der Waals surface area (Å²) in [7, 11) is 1.25. The van der Waals surface area contributed by atoms with Crippen LogP contribution in [0.15, 0.2) is 12.7 Å². The molecule has 0 aromatic heterocycles. The molecule has 2 aliphatic rings. The number of alkyl carbamates (subject to hydrolysis) is 2. The maximum atomic E-state index is 13.8. The Morgan fingerprint density at radius 2 is 1.69 bits per heavy atom. The number of methoxy groups -OCH3 is 1. The van der Waals surface area contributed by atoms with E-state index in [1.807, 2.05) is 13.8 Å². The fourth-order valence-corrected chi connectivity index (χ4v) is 5.47. The Morgan fingerprint density at radius 1 is 1.02 bits per heavy atom. The summed E-state index contributed by atoms with van der Waals surface area (Å²) in [6.45, 7) is 15.2. The molecule has 0 radical (unpaired) electrons. The molecule has 5 amide bonds. The van der Waals surface area contributed by atoms with E-state index in [1.165, 1.54) is 18.1 Å². The van der Waals surface area contributed by atoms with Crippen molar-refractivity contribution in [3.63, 3.8) is 0 Å². The van der Waals surface area contributed by atoms with Crippen LogP contribution in [-0.2, 0) is 28.7 Å². The molecule has 13 heteroatoms. The maximum Gasteiger partial charge on any atom is 0.408 e. The topological polar surface area (TPSA) is 172 Å². The third kappa shape index (κ3) is 8.93. The van der Waals surface area contributed by atoms with E-state index in [9.17, 15) is 28.8 Å². The number of hydrogen-bond donors (Lipinski definition) is 4. The first kappa shape index (κ1) is 34.6. The first-order chi connectivity index (χ1) is 19.6. The summed E-state index contributed by atoms with van der Waals surface area (Å²) in [6, 6.07) is -2.92. The van der Waals surface area contributed by atoms with Crippen molar-refractivity contribution in [3.05, 3.63) is 12.7 Å². The van der Waals surface area contributed by atoms with Crippen molar-refractivity contribution in [2.75, 3.05) is 26.7 Å². The van der Waals surface area contributed by atoms with Crippen LogP contribution < -0.4 is 21.3 Å². The largest absolute Gasteiger partial charge is 0.453 e. The van der Waals surface area contributed by atoms with Gasteiger partial charge in [-0.25, -0.2) is 9.59 Å². The van der Waals surface area contributed by atoms with E-state index < -0.39 is 59.4 Å². The number of hydrogen-bond acceptors (Lipinski definition) is 8. The molecule has 2 fully saturated rings. The first-order valence-electron chi connectivity index (χ1n) is 14.4. The normalized spacial score (nSPS) is 21.6. The lowest BCUT2D eigenvalue weighted by molar-refractivity contribution is -0.144. The zero-order valence-electron chi connectivity index (χ0n) is 25.8. The van der Waals surface area contributed by atoms with Crippen LogP contribution in [0.25, 0.3) is 0 Å². The number of ketones is 1. The lowest BCUT2D eigenvalue weighted by Crippen LogP contribution is -2.58. The minimum absolute atomic E-state index is 0.0747. The van der Waals surface area contributed by atoms with Crippen LogP contribution in [0.2, 0.25) is 0 Å². The molecule has 5 atom stereocenters. The molecule has 1 saturated heterocycles. The Kier molecular flexibility index (Phi) is 11.9. The number of fused-ring (bicyclic) bond motifs is 1. The van der Waals surface area contributed by atoms with E-state index in [2.05, 4.69) is 32.6 Å². The molecule has 1 saturated carbocycles. The number of nitrogens with one attached hydrogen (secondary N) is 4. The Bertz CT molecular complexity index is 1050. The zero-order chi connectivity index (χ0) is 31.8. The van der Waals surface area contributed by atoms with Gasteiger partial charge in [-0.15, -0.1) is 6.58 Å². The summed E-state index contributed by atoms with van der Waals surface area (Å²) in [5.74, 6) is -2.68. The molecule has 4 N–H and O–H groups in total. The zero-order valence-corrected chi connectivity index (χ0v) is 25.8. The van der Waals surface area contributed by atoms with E-state index in [-0.39, 0.29) is 43.2 Å². The van der Waals surface area contributed by atoms with Crippen molar-refractivity contribution in [1.29, 1.82) is 0 Å². The van der Waals surface area contributed by atoms with Crippen molar-refractivity contribution in [1.82, 2.24) is 26.2 Å². The van der Waals surface area contributed by atoms with E-state index in [1.54, 1.807) is 27.7 Å². The molecule has 0 bridgehead atoms. The molecule has 0 aromatic carbocycles. The van der Waals surface area contributed by atoms with Gasteiger partial charge in [0.25, 0.3) is 5.91 Å². The number of ether oxygens (including phenoxy) is 2. The van der Waals surface area contributed by atoms with Crippen molar-refractivity contribution >= 4 is 35.7 Å². The summed E-state index contributed by atoms with van der Waals surface area (Å²) < 4.78 is 9.85. The van der Waals surface area contributed by atoms with Gasteiger partial charge in [0.05, 0.1) is 13.2 Å². The summed E-state index contributed by atoms with van der Waals surface area (Å²) in [6.07, 6.45) is 1.44. The highest BCUT2D eigenvalue weighted by Gasteiger charge is 2.69. The summed E-state index contributed by atoms with van der Waals surface area (Å²) in [5, 5.41) is 10.4. The van der Waals surface area contributed by atoms with E-state index in [0.717, 1.165) is 0 Å². The second-order valence-electron chi connectivity index (χ2n) is 12.3. The molecule has 236 valence electrons. The van der Waals surface area contributed by atoms with Crippen LogP contribution in [0.5, 0.6) is 0 Å². The number of unbranched alkanes of at least 4 members (excludes halogenated alkanes) is 1. The number of nitrogens with zero attached hydrogens (tertiary/aromatic N) is 1. The standard InChI is InChI=1S/C29H47N5O8/c1-9-14-30-24(37)22(35)19(13-11-12-15-31-26(39)41-8)32-23(36)21-20-17(29(20,6)7)16-34(21)25(38)18(10-2)33-27(40)42-28(3,4)5/h9,17-21H,1,10-16H2,2-8H3,(H,30,37)(H,31,39)(H,32,36)(H,33,40)/t17-,18-,19-,20-,21-/m0/s1. The van der Waals surface area contributed by atoms with Crippen LogP contribution in [0.1, 0.15) is 67.2 Å². The smallest absolute Gasteiger partial charge is 0.408 e. The summed E-state index contributed by atoms with van der Waals surface area (Å²) in [4.78, 5) is 78.1. The van der Waals surface area contributed by atoms with Gasteiger partial charge in [0.2, 0.25) is 17.6 Å². The van der Waals surface area contributed by atoms with Crippen LogP contribution in [-0.4, -0.2) is 91.1 Å². The second kappa shape index (κ2) is 14.5. The minimum atomic E-state index is -1.14. The van der Waals surface area contributed by atoms with Gasteiger partial charge in [0.15, 0.2) is 0 Å². The third-order valence-corrected chi connectivity index (χ3v) is 7.80. The molecule has 1 aliphatic carbocycles. The van der Waals surface area contributed by atoms with Crippen LogP contribution in [0, 0.1) is 17.3 Å². The van der Waals surface area contributed by atoms with Gasteiger partial charge in [-0.2, -0.15) is 0 Å². The molecule has 0 spiro atoms. The molecular weight excluding hydrogens is 546 g/mol. The molecular formula is C29H47N5O8. The number of carbonyl (C=O) groups excluding carboxylic acids is 6. The van der Waals surface area contributed by atoms with Gasteiger partial charge in [-0.1, -0.05) is 26.8 Å². The molecule has 2 rings (SSSR count). The highest BCUT2D eigenvalue weighted by atomic mass is 16.6. The van der Waals surface area contributed by atoms with Gasteiger partial charge in [0, 0.05) is 19.6 Å². The quantitative estimate of drug-likeness (QED) is 0.134. The predicted molar refractivity (Wildman–Crippen MR) is 154 cm³/mol. The molecule has 1 aliphatic heterocycles. The van der Waals surface area contributed by atoms with Gasteiger partial charge in [-0.05, 0) is 63.7 Å². The maximum absolute atomic E-state index is 13.8. The van der Waals surface area contributed by atoms with Crippen molar-refractivity contribution in [2.24, 2.45) is 17.3 Å². The molecule has 1 heterocycles. The summed E-state index contributed by atoms with van der Waals surface area (Å²) in [5.41, 5.74) is -0.943. The Labute approximate surface area is 247 Å². The Morgan fingerprint density at radius 3 is 2.26 bits per heavy atom. The fraction of sp³-hybridized carbons (Fsp3) is 0.724. The van der Waals surface area contributed by atoms with Crippen LogP contribution in [0.3, 0.4) is 0 Å². The van der Waals surface area contributed by atoms with Gasteiger partial charge >= 0.3 is 12.2 Å². The second-order valence-corrected chi connectivity index (χ2v) is 12.3. The van der Waals surface area contributed by atoms with Crippen LogP contribution >= 0.6 is 0 Å². The van der Waals surface area contributed by atoms with Crippen molar-refractivity contribution < 1.29 is 38.2 Å². The highest BCUT2D eigenvalue weighted by Crippen LogP contribution is 2.64. The van der Waals surface area contributed by atoms with Gasteiger partial charge in [0.1, 0.15) is 17.7 Å². The minimum Gasteiger partial charge on any atom is -0.453 e. The van der Waals surface area contributed by atoms with E-state index >= 15 is 0 Å². The Hall–Kier alpha value is -3.64. The van der Waals surface area contributed by atoms with Crippen LogP contribution in [0.4, 0.5) is 9.59 Å². The first-order valence-corrected chi connectivity index (χ1v) is 14.4. The van der Waals surface area contributed by atoms with Gasteiger partial charge in [-0.3, -0.25) is 19.2 Å². The lowest BCUT2D eigenvalue weighted by atomic mass is 9.98. The molecule has 0 unspecified atom stereocenters. The molecule has 0 aromatic rings. The monoisotopic (exact) mass is 593 g/mol. The summed E-state index contributed by atoms with van der Waals surface area (Å²) >= 11 is 0. The molecule has 13 nitrogen and oxygen atoms in total. The highest BCUT2D eigenvalue weighted by molar-refractivity contribution is 6.38. The number of piperidine rings is 1. The van der Waals surface area contributed by atoms with Crippen molar-refractivity contribution in [3.8, 4) is 0 Å². The average Bonchev–Trinajstić information content (AvgIpc) is 3.23.